The normalized spacial score (nSPS) is 26.9. The maximum absolute atomic E-state index is 12.5. The van der Waals surface area contributed by atoms with Crippen molar-refractivity contribution in [1.29, 1.82) is 0 Å². The lowest BCUT2D eigenvalue weighted by atomic mass is 10.0. The van der Waals surface area contributed by atoms with Gasteiger partial charge in [-0.15, -0.1) is 0 Å². The molecule has 208 valence electrons. The first-order chi connectivity index (χ1) is 18.1. The fraction of sp³-hybridized carbons (Fsp3) is 0.609. The third kappa shape index (κ3) is 5.80. The number of ether oxygens (including phenoxy) is 2. The summed E-state index contributed by atoms with van der Waals surface area (Å²) in [6, 6.07) is -0.487. The van der Waals surface area contributed by atoms with Crippen LogP contribution in [-0.2, 0) is 9.47 Å². The first-order valence-electron chi connectivity index (χ1n) is 12.3. The molecule has 2 aliphatic heterocycles. The molecular formula is C23H32N6O9. The van der Waals surface area contributed by atoms with Crippen molar-refractivity contribution in [2.45, 2.75) is 51.4 Å². The Bertz CT molecular complexity index is 1290. The number of aliphatic hydroxyl groups is 2. The number of nitrogens with zero attached hydrogens (tertiary/aromatic N) is 2. The number of rotatable bonds is 8. The van der Waals surface area contributed by atoms with Gasteiger partial charge in [-0.25, -0.2) is 14.4 Å². The Hall–Kier alpha value is -3.53. The lowest BCUT2D eigenvalue weighted by Gasteiger charge is -2.18. The minimum absolute atomic E-state index is 0.157. The summed E-state index contributed by atoms with van der Waals surface area (Å²) >= 11 is 0. The van der Waals surface area contributed by atoms with Crippen molar-refractivity contribution in [1.82, 2.24) is 29.7 Å². The van der Waals surface area contributed by atoms with Crippen LogP contribution in [0.25, 0.3) is 0 Å². The molecule has 6 atom stereocenters. The molecule has 15 heteroatoms. The highest BCUT2D eigenvalue weighted by molar-refractivity contribution is 5.73. The SMILES string of the molecule is Cc1cn([C@H]2C[C@H](CNC(=O)NC[C@H]3C[C@H](n4cc(C)c(=O)[nH]c4=O)O[C@@H]3CO)[C@@H](CO)O2)c(=O)[nH]c1=O. The molecule has 0 aliphatic carbocycles. The van der Waals surface area contributed by atoms with E-state index in [1.807, 2.05) is 0 Å². The number of aryl methyl sites for hydroxylation is 2. The standard InChI is InChI=1S/C23H32N6O9/c1-11-7-28(22(35)26-19(11)32)17-3-13(15(9-30)37-17)5-24-21(34)25-6-14-4-18(38-16(14)10-31)29-8-12(2)20(33)27-23(29)36/h7-8,13-18,30-31H,3-6,9-10H2,1-2H3,(H2,24,25,34)(H,26,32,35)(H,27,33,36)/t13-,14-,15-,16-,17-,18-/m1/s1. The second-order valence-electron chi connectivity index (χ2n) is 9.66. The van der Waals surface area contributed by atoms with Gasteiger partial charge in [-0.1, -0.05) is 0 Å². The van der Waals surface area contributed by atoms with E-state index < -0.39 is 53.2 Å². The highest BCUT2D eigenvalue weighted by atomic mass is 16.5. The van der Waals surface area contributed by atoms with Crippen LogP contribution < -0.4 is 33.1 Å². The van der Waals surface area contributed by atoms with Crippen molar-refractivity contribution < 1.29 is 24.5 Å². The van der Waals surface area contributed by atoms with E-state index in [4.69, 9.17) is 9.47 Å². The van der Waals surface area contributed by atoms with Gasteiger partial charge in [0.15, 0.2) is 0 Å². The fourth-order valence-corrected chi connectivity index (χ4v) is 4.84. The quantitative estimate of drug-likeness (QED) is 0.216. The number of carbonyl (C=O) groups excluding carboxylic acids is 1. The molecule has 2 fully saturated rings. The van der Waals surface area contributed by atoms with Gasteiger partial charge in [0.05, 0.1) is 25.4 Å². The molecule has 2 aromatic heterocycles. The number of H-pyrrole nitrogens is 2. The highest BCUT2D eigenvalue weighted by Gasteiger charge is 2.38. The van der Waals surface area contributed by atoms with E-state index in [0.29, 0.717) is 24.0 Å². The van der Waals surface area contributed by atoms with Crippen LogP contribution in [-0.4, -0.2) is 73.9 Å². The zero-order valence-electron chi connectivity index (χ0n) is 21.0. The van der Waals surface area contributed by atoms with E-state index in [-0.39, 0.29) is 38.1 Å². The predicted octanol–water partition coefficient (Wildman–Crippen LogP) is -2.21. The third-order valence-corrected chi connectivity index (χ3v) is 7.05. The Kier molecular flexibility index (Phi) is 8.30. The molecule has 2 aliphatic rings. The first-order valence-corrected chi connectivity index (χ1v) is 12.3. The Morgan fingerprint density at radius 3 is 1.61 bits per heavy atom. The van der Waals surface area contributed by atoms with Crippen LogP contribution in [0, 0.1) is 25.7 Å². The molecule has 0 radical (unpaired) electrons. The Labute approximate surface area is 215 Å². The average Bonchev–Trinajstić information content (AvgIpc) is 3.49. The van der Waals surface area contributed by atoms with Gasteiger partial charge in [-0.05, 0) is 26.7 Å². The number of hydrogen-bond donors (Lipinski definition) is 6. The molecule has 0 unspecified atom stereocenters. The second kappa shape index (κ2) is 11.5. The van der Waals surface area contributed by atoms with Crippen LogP contribution in [0.2, 0.25) is 0 Å². The number of aromatic nitrogens is 4. The van der Waals surface area contributed by atoms with Gasteiger partial charge in [0, 0.05) is 48.4 Å². The molecule has 2 saturated heterocycles. The molecule has 15 nitrogen and oxygen atoms in total. The molecule has 4 rings (SSSR count). The van der Waals surface area contributed by atoms with E-state index >= 15 is 0 Å². The van der Waals surface area contributed by atoms with Gasteiger partial charge >= 0.3 is 17.4 Å². The van der Waals surface area contributed by atoms with Gasteiger partial charge in [0.2, 0.25) is 0 Å². The van der Waals surface area contributed by atoms with E-state index in [9.17, 15) is 34.2 Å². The summed E-state index contributed by atoms with van der Waals surface area (Å²) in [4.78, 5) is 64.6. The summed E-state index contributed by atoms with van der Waals surface area (Å²) in [6.45, 7) is 2.81. The summed E-state index contributed by atoms with van der Waals surface area (Å²) in [5, 5.41) is 24.9. The van der Waals surface area contributed by atoms with Crippen molar-refractivity contribution in [3.8, 4) is 0 Å². The van der Waals surface area contributed by atoms with Gasteiger partial charge in [0.25, 0.3) is 11.1 Å². The minimum atomic E-state index is -0.706. The summed E-state index contributed by atoms with van der Waals surface area (Å²) in [7, 11) is 0. The van der Waals surface area contributed by atoms with Crippen LogP contribution in [0.4, 0.5) is 4.79 Å². The van der Waals surface area contributed by atoms with Gasteiger partial charge in [-0.3, -0.25) is 28.7 Å². The second-order valence-corrected chi connectivity index (χ2v) is 9.66. The van der Waals surface area contributed by atoms with Crippen LogP contribution in [0.3, 0.4) is 0 Å². The predicted molar refractivity (Wildman–Crippen MR) is 132 cm³/mol. The minimum Gasteiger partial charge on any atom is -0.394 e. The number of urea groups is 1. The van der Waals surface area contributed by atoms with Crippen molar-refractivity contribution in [3.63, 3.8) is 0 Å². The molecule has 2 aromatic rings. The Morgan fingerprint density at radius 1 is 0.842 bits per heavy atom. The zero-order valence-corrected chi connectivity index (χ0v) is 21.0. The Morgan fingerprint density at radius 2 is 1.24 bits per heavy atom. The average molecular weight is 537 g/mol. The van der Waals surface area contributed by atoms with Gasteiger partial charge in [0.1, 0.15) is 12.5 Å². The van der Waals surface area contributed by atoms with Crippen molar-refractivity contribution in [3.05, 3.63) is 65.2 Å². The number of aromatic amines is 2. The number of amides is 2. The molecule has 0 spiro atoms. The van der Waals surface area contributed by atoms with Gasteiger partial charge in [-0.2, -0.15) is 0 Å². The van der Waals surface area contributed by atoms with Crippen molar-refractivity contribution in [2.75, 3.05) is 26.3 Å². The van der Waals surface area contributed by atoms with E-state index in [0.717, 1.165) is 0 Å². The van der Waals surface area contributed by atoms with Gasteiger partial charge < -0.3 is 30.3 Å². The lowest BCUT2D eigenvalue weighted by Crippen LogP contribution is -2.43. The largest absolute Gasteiger partial charge is 0.394 e. The molecule has 38 heavy (non-hydrogen) atoms. The fourth-order valence-electron chi connectivity index (χ4n) is 4.84. The number of nitrogens with one attached hydrogen (secondary N) is 4. The number of hydrogen-bond acceptors (Lipinski definition) is 9. The maximum atomic E-state index is 12.5. The summed E-state index contributed by atoms with van der Waals surface area (Å²) in [5.74, 6) is -0.593. The molecule has 4 heterocycles. The number of carbonyl (C=O) groups is 1. The van der Waals surface area contributed by atoms with Crippen molar-refractivity contribution in [2.24, 2.45) is 11.8 Å². The molecule has 0 aromatic carbocycles. The molecule has 0 bridgehead atoms. The highest BCUT2D eigenvalue weighted by Crippen LogP contribution is 2.33. The molecule has 2 amide bonds. The lowest BCUT2D eigenvalue weighted by molar-refractivity contribution is -0.0326. The first kappa shape index (κ1) is 27.5. The Balaban J connectivity index is 1.31. The smallest absolute Gasteiger partial charge is 0.330 e. The van der Waals surface area contributed by atoms with Crippen LogP contribution in [0.5, 0.6) is 0 Å². The van der Waals surface area contributed by atoms with Crippen LogP contribution in [0.15, 0.2) is 31.6 Å². The monoisotopic (exact) mass is 536 g/mol. The van der Waals surface area contributed by atoms with E-state index in [2.05, 4.69) is 20.6 Å². The van der Waals surface area contributed by atoms with Crippen LogP contribution >= 0.6 is 0 Å². The van der Waals surface area contributed by atoms with Crippen LogP contribution in [0.1, 0.15) is 36.4 Å². The molecule has 6 N–H and O–H groups in total. The zero-order chi connectivity index (χ0) is 27.6. The number of aliphatic hydroxyl groups excluding tert-OH is 2. The summed E-state index contributed by atoms with van der Waals surface area (Å²) in [5.41, 5.74) is -1.53. The van der Waals surface area contributed by atoms with E-state index in [1.54, 1.807) is 13.8 Å². The summed E-state index contributed by atoms with van der Waals surface area (Å²) in [6.07, 6.45) is 0.803. The molecule has 0 saturated carbocycles. The topological polar surface area (TPSA) is 210 Å². The summed E-state index contributed by atoms with van der Waals surface area (Å²) < 4.78 is 14.1. The van der Waals surface area contributed by atoms with E-state index in [1.165, 1.54) is 21.5 Å². The third-order valence-electron chi connectivity index (χ3n) is 7.05. The molecular weight excluding hydrogens is 504 g/mol. The maximum Gasteiger partial charge on any atom is 0.330 e. The van der Waals surface area contributed by atoms with Crippen molar-refractivity contribution >= 4 is 6.03 Å².